The zero-order valence-electron chi connectivity index (χ0n) is 10.4. The summed E-state index contributed by atoms with van der Waals surface area (Å²) in [7, 11) is 0. The molecule has 5 N–H and O–H groups in total. The van der Waals surface area contributed by atoms with Gasteiger partial charge in [-0.3, -0.25) is 0 Å². The van der Waals surface area contributed by atoms with Crippen LogP contribution in [0.3, 0.4) is 0 Å². The van der Waals surface area contributed by atoms with Crippen LogP contribution in [0.15, 0.2) is 24.3 Å². The maximum Gasteiger partial charge on any atom is 0.316 e. The maximum atomic E-state index is 10.7. The number of anilines is 2. The van der Waals surface area contributed by atoms with Gasteiger partial charge in [-0.05, 0) is 56.6 Å². The molecule has 1 fully saturated rings. The van der Waals surface area contributed by atoms with Gasteiger partial charge in [-0.1, -0.05) is 0 Å². The quantitative estimate of drug-likeness (QED) is 0.657. The Bertz CT molecular complexity index is 382. The molecule has 1 aromatic carbocycles. The van der Waals surface area contributed by atoms with Crippen molar-refractivity contribution in [2.45, 2.75) is 25.3 Å². The van der Waals surface area contributed by atoms with Gasteiger partial charge in [0, 0.05) is 17.4 Å². The van der Waals surface area contributed by atoms with Gasteiger partial charge in [0.05, 0.1) is 0 Å². The zero-order valence-corrected chi connectivity index (χ0v) is 10.4. The van der Waals surface area contributed by atoms with Crippen LogP contribution in [0.2, 0.25) is 0 Å². The number of nitrogens with one attached hydrogen (secondary N) is 3. The molecule has 1 heterocycles. The van der Waals surface area contributed by atoms with Gasteiger partial charge >= 0.3 is 6.03 Å². The lowest BCUT2D eigenvalue weighted by Gasteiger charge is -2.17. The molecule has 1 aliphatic heterocycles. The summed E-state index contributed by atoms with van der Waals surface area (Å²) in [5.41, 5.74) is 6.86. The fraction of sp³-hybridized carbons (Fsp3) is 0.462. The normalized spacial score (nSPS) is 19.9. The number of benzene rings is 1. The van der Waals surface area contributed by atoms with E-state index in [1.165, 1.54) is 12.8 Å². The standard InChI is InChI=1S/C13H20N4O/c14-13(18)17-12-5-3-11(4-6-12)16-10-2-1-8-15-9-7-10/h3-6,10,15-16H,1-2,7-9H2,(H3,14,17,18). The Balaban J connectivity index is 1.90. The van der Waals surface area contributed by atoms with E-state index in [1.54, 1.807) is 0 Å². The number of hydrogen-bond donors (Lipinski definition) is 4. The first kappa shape index (κ1) is 12.7. The molecule has 0 saturated carbocycles. The zero-order chi connectivity index (χ0) is 12.8. The minimum absolute atomic E-state index is 0.523. The number of urea groups is 1. The number of nitrogens with two attached hydrogens (primary N) is 1. The van der Waals surface area contributed by atoms with E-state index in [1.807, 2.05) is 24.3 Å². The minimum atomic E-state index is -0.537. The Morgan fingerprint density at radius 1 is 1.17 bits per heavy atom. The third-order valence-electron chi connectivity index (χ3n) is 3.10. The number of primary amides is 1. The molecule has 2 rings (SSSR count). The van der Waals surface area contributed by atoms with Crippen LogP contribution in [0.5, 0.6) is 0 Å². The Kier molecular flexibility index (Phi) is 4.41. The highest BCUT2D eigenvalue weighted by Crippen LogP contribution is 2.17. The van der Waals surface area contributed by atoms with Crippen LogP contribution < -0.4 is 21.7 Å². The maximum absolute atomic E-state index is 10.7. The van der Waals surface area contributed by atoms with Gasteiger partial charge in [0.15, 0.2) is 0 Å². The Hall–Kier alpha value is -1.75. The molecule has 5 heteroatoms. The second kappa shape index (κ2) is 6.26. The smallest absolute Gasteiger partial charge is 0.316 e. The van der Waals surface area contributed by atoms with Crippen LogP contribution in [0, 0.1) is 0 Å². The van der Waals surface area contributed by atoms with Gasteiger partial charge in [-0.2, -0.15) is 0 Å². The Morgan fingerprint density at radius 3 is 2.61 bits per heavy atom. The topological polar surface area (TPSA) is 79.2 Å². The molecule has 1 aliphatic rings. The summed E-state index contributed by atoms with van der Waals surface area (Å²) in [5, 5.41) is 9.46. The summed E-state index contributed by atoms with van der Waals surface area (Å²) in [6, 6.07) is 7.61. The van der Waals surface area contributed by atoms with Gasteiger partial charge in [0.2, 0.25) is 0 Å². The van der Waals surface area contributed by atoms with Gasteiger partial charge in [-0.15, -0.1) is 0 Å². The van der Waals surface area contributed by atoms with E-state index in [0.717, 1.165) is 30.9 Å². The van der Waals surface area contributed by atoms with Gasteiger partial charge in [-0.25, -0.2) is 4.79 Å². The van der Waals surface area contributed by atoms with Crippen molar-refractivity contribution in [3.05, 3.63) is 24.3 Å². The Labute approximate surface area is 107 Å². The average Bonchev–Trinajstić information content (AvgIpc) is 2.60. The van der Waals surface area contributed by atoms with E-state index in [0.29, 0.717) is 6.04 Å². The molecule has 0 spiro atoms. The van der Waals surface area contributed by atoms with E-state index in [2.05, 4.69) is 16.0 Å². The molecule has 5 nitrogen and oxygen atoms in total. The Morgan fingerprint density at radius 2 is 1.89 bits per heavy atom. The number of hydrogen-bond acceptors (Lipinski definition) is 3. The van der Waals surface area contributed by atoms with E-state index in [9.17, 15) is 4.79 Å². The minimum Gasteiger partial charge on any atom is -0.382 e. The van der Waals surface area contributed by atoms with Crippen molar-refractivity contribution in [3.63, 3.8) is 0 Å². The van der Waals surface area contributed by atoms with Crippen LogP contribution in [-0.2, 0) is 0 Å². The van der Waals surface area contributed by atoms with Crippen molar-refractivity contribution >= 4 is 17.4 Å². The molecular weight excluding hydrogens is 228 g/mol. The molecule has 1 atom stereocenters. The van der Waals surface area contributed by atoms with Crippen LogP contribution >= 0.6 is 0 Å². The number of amides is 2. The van der Waals surface area contributed by atoms with Crippen molar-refractivity contribution in [3.8, 4) is 0 Å². The molecule has 98 valence electrons. The highest BCUT2D eigenvalue weighted by atomic mass is 16.2. The summed E-state index contributed by atoms with van der Waals surface area (Å²) < 4.78 is 0. The fourth-order valence-electron chi connectivity index (χ4n) is 2.19. The average molecular weight is 248 g/mol. The highest BCUT2D eigenvalue weighted by Gasteiger charge is 2.11. The van der Waals surface area contributed by atoms with E-state index >= 15 is 0 Å². The molecule has 18 heavy (non-hydrogen) atoms. The van der Waals surface area contributed by atoms with Crippen LogP contribution in [-0.4, -0.2) is 25.2 Å². The lowest BCUT2D eigenvalue weighted by Crippen LogP contribution is -2.21. The predicted octanol–water partition coefficient (Wildman–Crippen LogP) is 1.73. The van der Waals surface area contributed by atoms with E-state index in [4.69, 9.17) is 5.73 Å². The number of carbonyl (C=O) groups is 1. The van der Waals surface area contributed by atoms with Gasteiger partial charge in [0.25, 0.3) is 0 Å². The molecule has 1 aromatic rings. The molecular formula is C13H20N4O. The van der Waals surface area contributed by atoms with Crippen LogP contribution in [0.1, 0.15) is 19.3 Å². The summed E-state index contributed by atoms with van der Waals surface area (Å²) in [4.78, 5) is 10.7. The molecule has 0 radical (unpaired) electrons. The molecule has 1 saturated heterocycles. The van der Waals surface area contributed by atoms with Crippen molar-refractivity contribution < 1.29 is 4.79 Å². The fourth-order valence-corrected chi connectivity index (χ4v) is 2.19. The highest BCUT2D eigenvalue weighted by molar-refractivity contribution is 5.87. The number of rotatable bonds is 3. The van der Waals surface area contributed by atoms with Crippen molar-refractivity contribution in [2.75, 3.05) is 23.7 Å². The SMILES string of the molecule is NC(=O)Nc1ccc(NC2CCCNCC2)cc1. The predicted molar refractivity (Wildman–Crippen MR) is 73.8 cm³/mol. The second-order valence-electron chi connectivity index (χ2n) is 4.59. The third kappa shape index (κ3) is 3.92. The summed E-state index contributed by atoms with van der Waals surface area (Å²) in [6.45, 7) is 2.18. The number of carbonyl (C=O) groups excluding carboxylic acids is 1. The summed E-state index contributed by atoms with van der Waals surface area (Å²) in [5.74, 6) is 0. The lowest BCUT2D eigenvalue weighted by atomic mass is 10.1. The van der Waals surface area contributed by atoms with E-state index < -0.39 is 6.03 Å². The van der Waals surface area contributed by atoms with Crippen LogP contribution in [0.25, 0.3) is 0 Å². The van der Waals surface area contributed by atoms with Crippen molar-refractivity contribution in [2.24, 2.45) is 5.73 Å². The lowest BCUT2D eigenvalue weighted by molar-refractivity contribution is 0.259. The molecule has 1 unspecified atom stereocenters. The monoisotopic (exact) mass is 248 g/mol. The first-order valence-electron chi connectivity index (χ1n) is 6.38. The first-order chi connectivity index (χ1) is 8.74. The largest absolute Gasteiger partial charge is 0.382 e. The van der Waals surface area contributed by atoms with Gasteiger partial charge < -0.3 is 21.7 Å². The molecule has 0 aliphatic carbocycles. The van der Waals surface area contributed by atoms with E-state index in [-0.39, 0.29) is 0 Å². The third-order valence-corrected chi connectivity index (χ3v) is 3.10. The second-order valence-corrected chi connectivity index (χ2v) is 4.59. The molecule has 0 bridgehead atoms. The van der Waals surface area contributed by atoms with Crippen LogP contribution in [0.4, 0.5) is 16.2 Å². The van der Waals surface area contributed by atoms with Crippen molar-refractivity contribution in [1.82, 2.24) is 5.32 Å². The molecule has 0 aromatic heterocycles. The van der Waals surface area contributed by atoms with Crippen molar-refractivity contribution in [1.29, 1.82) is 0 Å². The first-order valence-corrected chi connectivity index (χ1v) is 6.38. The van der Waals surface area contributed by atoms with Gasteiger partial charge in [0.1, 0.15) is 0 Å². The summed E-state index contributed by atoms with van der Waals surface area (Å²) >= 11 is 0. The molecule has 2 amide bonds. The summed E-state index contributed by atoms with van der Waals surface area (Å²) in [6.07, 6.45) is 3.54.